The predicted molar refractivity (Wildman–Crippen MR) is 53.8 cm³/mol. The lowest BCUT2D eigenvalue weighted by molar-refractivity contribution is 0.0984. The van der Waals surface area contributed by atoms with Crippen molar-refractivity contribution in [2.75, 3.05) is 6.61 Å². The van der Waals surface area contributed by atoms with Crippen LogP contribution in [0.15, 0.2) is 17.7 Å². The zero-order chi connectivity index (χ0) is 11.0. The summed E-state index contributed by atoms with van der Waals surface area (Å²) in [5, 5.41) is 27.7. The Morgan fingerprint density at radius 3 is 2.67 bits per heavy atom. The van der Waals surface area contributed by atoms with Crippen LogP contribution in [-0.4, -0.2) is 27.7 Å². The van der Waals surface area contributed by atoms with Crippen molar-refractivity contribution in [1.82, 2.24) is 0 Å². The van der Waals surface area contributed by atoms with Crippen LogP contribution < -0.4 is 0 Å². The van der Waals surface area contributed by atoms with Crippen molar-refractivity contribution >= 4 is 11.9 Å². The van der Waals surface area contributed by atoms with Gasteiger partial charge in [0.05, 0.1) is 12.2 Å². The van der Waals surface area contributed by atoms with Crippen LogP contribution in [0.5, 0.6) is 11.5 Å². The van der Waals surface area contributed by atoms with Crippen molar-refractivity contribution in [2.45, 2.75) is 6.42 Å². The molecule has 4 heteroatoms. The molecule has 0 aliphatic heterocycles. The summed E-state index contributed by atoms with van der Waals surface area (Å²) in [6.07, 6.45) is 1.72. The molecule has 1 aromatic carbocycles. The van der Waals surface area contributed by atoms with Gasteiger partial charge in [0.15, 0.2) is 5.78 Å². The molecule has 1 aliphatic carbocycles. The Labute approximate surface area is 86.1 Å². The fourth-order valence-corrected chi connectivity index (χ4v) is 1.72. The number of aromatic hydroxyl groups is 2. The van der Waals surface area contributed by atoms with Gasteiger partial charge in [-0.25, -0.2) is 0 Å². The zero-order valence-corrected chi connectivity index (χ0v) is 7.90. The number of ketones is 1. The highest BCUT2D eigenvalue weighted by Crippen LogP contribution is 2.33. The van der Waals surface area contributed by atoms with Gasteiger partial charge in [-0.05, 0) is 17.2 Å². The number of carbonyl (C=O) groups excluding carboxylic acids is 1. The van der Waals surface area contributed by atoms with Crippen molar-refractivity contribution in [1.29, 1.82) is 0 Å². The molecule has 0 saturated carbocycles. The Morgan fingerprint density at radius 1 is 1.27 bits per heavy atom. The molecule has 3 N–H and O–H groups in total. The topological polar surface area (TPSA) is 77.8 Å². The Bertz CT molecular complexity index is 460. The molecule has 0 heterocycles. The second-order valence-electron chi connectivity index (χ2n) is 3.49. The first-order valence-corrected chi connectivity index (χ1v) is 4.51. The number of Topliss-reactive ketones (excluding diaryl/α,β-unsaturated/α-hetero) is 1. The van der Waals surface area contributed by atoms with E-state index in [0.29, 0.717) is 11.1 Å². The van der Waals surface area contributed by atoms with E-state index in [2.05, 4.69) is 0 Å². The number of fused-ring (bicyclic) bond motifs is 1. The van der Waals surface area contributed by atoms with E-state index in [9.17, 15) is 15.0 Å². The van der Waals surface area contributed by atoms with Crippen LogP contribution in [0.3, 0.4) is 0 Å². The van der Waals surface area contributed by atoms with E-state index in [0.717, 1.165) is 6.07 Å². The third-order valence-corrected chi connectivity index (χ3v) is 2.36. The quantitative estimate of drug-likeness (QED) is 0.642. The van der Waals surface area contributed by atoms with E-state index in [1.807, 2.05) is 0 Å². The smallest absolute Gasteiger partial charge is 0.171 e. The van der Waals surface area contributed by atoms with Gasteiger partial charge in [-0.15, -0.1) is 0 Å². The molecule has 0 spiro atoms. The second-order valence-corrected chi connectivity index (χ2v) is 3.49. The molecular weight excluding hydrogens is 196 g/mol. The predicted octanol–water partition coefficient (Wildman–Crippen LogP) is 1.06. The number of aliphatic hydroxyl groups excluding tert-OH is 1. The Morgan fingerprint density at radius 2 is 2.00 bits per heavy atom. The molecule has 4 nitrogen and oxygen atoms in total. The van der Waals surface area contributed by atoms with Crippen LogP contribution in [0.4, 0.5) is 0 Å². The van der Waals surface area contributed by atoms with Gasteiger partial charge in [0.1, 0.15) is 11.5 Å². The number of carbonyl (C=O) groups is 1. The van der Waals surface area contributed by atoms with Crippen molar-refractivity contribution in [2.24, 2.45) is 0 Å². The maximum atomic E-state index is 11.6. The molecule has 0 saturated heterocycles. The maximum Gasteiger partial charge on any atom is 0.171 e. The van der Waals surface area contributed by atoms with Gasteiger partial charge in [-0.1, -0.05) is 6.08 Å². The van der Waals surface area contributed by atoms with Gasteiger partial charge >= 0.3 is 0 Å². The summed E-state index contributed by atoms with van der Waals surface area (Å²) in [5.74, 6) is -0.563. The molecule has 2 rings (SSSR count). The van der Waals surface area contributed by atoms with Gasteiger partial charge in [-0.2, -0.15) is 0 Å². The monoisotopic (exact) mass is 206 g/mol. The van der Waals surface area contributed by atoms with Crippen LogP contribution in [-0.2, 0) is 0 Å². The summed E-state index contributed by atoms with van der Waals surface area (Å²) in [7, 11) is 0. The Kier molecular flexibility index (Phi) is 2.21. The van der Waals surface area contributed by atoms with Crippen LogP contribution >= 0.6 is 0 Å². The second kappa shape index (κ2) is 3.40. The van der Waals surface area contributed by atoms with E-state index >= 15 is 0 Å². The fraction of sp³-hybridized carbons (Fsp3) is 0.182. The molecule has 15 heavy (non-hydrogen) atoms. The third-order valence-electron chi connectivity index (χ3n) is 2.36. The van der Waals surface area contributed by atoms with Crippen molar-refractivity contribution < 1.29 is 20.1 Å². The molecule has 0 atom stereocenters. The average Bonchev–Trinajstić information content (AvgIpc) is 2.15. The highest BCUT2D eigenvalue weighted by Gasteiger charge is 2.22. The van der Waals surface area contributed by atoms with E-state index in [4.69, 9.17) is 5.11 Å². The summed E-state index contributed by atoms with van der Waals surface area (Å²) in [6, 6.07) is 2.52. The fourth-order valence-electron chi connectivity index (χ4n) is 1.72. The molecular formula is C11H10O4. The number of phenols is 2. The molecule has 0 radical (unpaired) electrons. The normalized spacial score (nSPS) is 14.7. The highest BCUT2D eigenvalue weighted by atomic mass is 16.3. The molecule has 78 valence electrons. The van der Waals surface area contributed by atoms with Crippen LogP contribution in [0.25, 0.3) is 6.08 Å². The van der Waals surface area contributed by atoms with Gasteiger partial charge in [0.25, 0.3) is 0 Å². The molecule has 0 aromatic heterocycles. The van der Waals surface area contributed by atoms with E-state index in [1.165, 1.54) is 6.07 Å². The molecule has 0 amide bonds. The number of hydrogen-bond acceptors (Lipinski definition) is 4. The van der Waals surface area contributed by atoms with E-state index in [1.54, 1.807) is 6.08 Å². The highest BCUT2D eigenvalue weighted by molar-refractivity contribution is 6.06. The number of rotatable bonds is 1. The standard InChI is InChI=1S/C11H10O4/c12-5-6-1-7-3-8(13)4-10(15)11(7)9(14)2-6/h1,3-4,12-13,15H,2,5H2. The lowest BCUT2D eigenvalue weighted by atomic mass is 9.90. The van der Waals surface area contributed by atoms with Crippen molar-refractivity contribution in [3.8, 4) is 11.5 Å². The summed E-state index contributed by atoms with van der Waals surface area (Å²) in [6.45, 7) is -0.193. The van der Waals surface area contributed by atoms with Gasteiger partial charge < -0.3 is 15.3 Å². The first-order valence-electron chi connectivity index (χ1n) is 4.51. The summed E-state index contributed by atoms with van der Waals surface area (Å²) in [4.78, 5) is 11.6. The molecule has 0 unspecified atom stereocenters. The first-order chi connectivity index (χ1) is 7.11. The van der Waals surface area contributed by atoms with Crippen molar-refractivity contribution in [3.05, 3.63) is 28.8 Å². The molecule has 1 aromatic rings. The Hall–Kier alpha value is -1.81. The lowest BCUT2D eigenvalue weighted by Gasteiger charge is -2.15. The minimum Gasteiger partial charge on any atom is -0.508 e. The molecule has 1 aliphatic rings. The summed E-state index contributed by atoms with van der Waals surface area (Å²) in [5.41, 5.74) is 1.25. The van der Waals surface area contributed by atoms with E-state index < -0.39 is 0 Å². The SMILES string of the molecule is O=C1CC(CO)=Cc2cc(O)cc(O)c21. The number of aliphatic hydroxyl groups is 1. The minimum atomic E-state index is -0.242. The van der Waals surface area contributed by atoms with Gasteiger partial charge in [-0.3, -0.25) is 4.79 Å². The van der Waals surface area contributed by atoms with Crippen molar-refractivity contribution in [3.63, 3.8) is 0 Å². The minimum absolute atomic E-state index is 0.102. The summed E-state index contributed by atoms with van der Waals surface area (Å²) >= 11 is 0. The number of phenolic OH excluding ortho intramolecular Hbond substituents is 2. The average molecular weight is 206 g/mol. The van der Waals surface area contributed by atoms with Gasteiger partial charge in [0, 0.05) is 12.5 Å². The maximum absolute atomic E-state index is 11.6. The van der Waals surface area contributed by atoms with E-state index in [-0.39, 0.29) is 35.9 Å². The van der Waals surface area contributed by atoms with Crippen LogP contribution in [0.1, 0.15) is 22.3 Å². The zero-order valence-electron chi connectivity index (χ0n) is 7.90. The largest absolute Gasteiger partial charge is 0.508 e. The molecule has 0 bridgehead atoms. The van der Waals surface area contributed by atoms with Crippen LogP contribution in [0.2, 0.25) is 0 Å². The third kappa shape index (κ3) is 1.59. The first kappa shape index (κ1) is 9.73. The number of benzene rings is 1. The van der Waals surface area contributed by atoms with Gasteiger partial charge in [0.2, 0.25) is 0 Å². The Balaban J connectivity index is 2.64. The number of hydrogen-bond donors (Lipinski definition) is 3. The summed E-state index contributed by atoms with van der Waals surface area (Å²) < 4.78 is 0. The lowest BCUT2D eigenvalue weighted by Crippen LogP contribution is -2.10. The van der Waals surface area contributed by atoms with Crippen LogP contribution in [0, 0.1) is 0 Å². The molecule has 0 fully saturated rings.